The lowest BCUT2D eigenvalue weighted by Crippen LogP contribution is -2.51. The van der Waals surface area contributed by atoms with Crippen LogP contribution in [0.1, 0.15) is 15.9 Å². The first-order valence-electron chi connectivity index (χ1n) is 8.91. The minimum atomic E-state index is -0.979. The Labute approximate surface area is 162 Å². The van der Waals surface area contributed by atoms with Crippen molar-refractivity contribution in [3.63, 3.8) is 0 Å². The Balaban J connectivity index is 1.50. The molecule has 1 aliphatic rings. The van der Waals surface area contributed by atoms with E-state index in [1.165, 1.54) is 25.3 Å². The summed E-state index contributed by atoms with van der Waals surface area (Å²) in [5.41, 5.74) is 1.90. The second-order valence-corrected chi connectivity index (χ2v) is 6.45. The van der Waals surface area contributed by atoms with E-state index in [0.717, 1.165) is 11.3 Å². The molecular formula is C20H22FN3O4. The van der Waals surface area contributed by atoms with Gasteiger partial charge in [0.1, 0.15) is 0 Å². The summed E-state index contributed by atoms with van der Waals surface area (Å²) >= 11 is 0. The molecule has 2 N–H and O–H groups in total. The number of benzene rings is 2. The average Bonchev–Trinajstić information content (AvgIpc) is 2.72. The molecule has 0 bridgehead atoms. The van der Waals surface area contributed by atoms with E-state index in [1.807, 2.05) is 0 Å². The van der Waals surface area contributed by atoms with Crippen LogP contribution in [0.25, 0.3) is 0 Å². The molecule has 0 aromatic heterocycles. The van der Waals surface area contributed by atoms with Crippen LogP contribution in [0.3, 0.4) is 0 Å². The third kappa shape index (κ3) is 4.51. The van der Waals surface area contributed by atoms with Crippen LogP contribution >= 0.6 is 0 Å². The second-order valence-electron chi connectivity index (χ2n) is 6.45. The van der Waals surface area contributed by atoms with E-state index in [4.69, 9.17) is 9.84 Å². The molecule has 0 unspecified atom stereocenters. The lowest BCUT2D eigenvalue weighted by atomic mass is 10.1. The van der Waals surface area contributed by atoms with Gasteiger partial charge >= 0.3 is 12.0 Å². The van der Waals surface area contributed by atoms with E-state index in [1.54, 1.807) is 29.2 Å². The minimum absolute atomic E-state index is 0.168. The molecule has 0 radical (unpaired) electrons. The molecule has 1 aliphatic heterocycles. The number of carbonyl (C=O) groups excluding carboxylic acids is 1. The van der Waals surface area contributed by atoms with E-state index in [0.29, 0.717) is 32.7 Å². The van der Waals surface area contributed by atoms with Crippen LogP contribution in [0.4, 0.5) is 14.9 Å². The molecule has 0 atom stereocenters. The summed E-state index contributed by atoms with van der Waals surface area (Å²) in [6, 6.07) is 11.0. The maximum Gasteiger partial charge on any atom is 0.335 e. The first-order chi connectivity index (χ1) is 13.5. The van der Waals surface area contributed by atoms with Gasteiger partial charge in [0.05, 0.1) is 12.7 Å². The molecule has 0 saturated carbocycles. The van der Waals surface area contributed by atoms with Crippen molar-refractivity contribution < 1.29 is 23.8 Å². The van der Waals surface area contributed by atoms with Crippen LogP contribution in [0.15, 0.2) is 42.5 Å². The summed E-state index contributed by atoms with van der Waals surface area (Å²) < 4.78 is 18.6. The molecule has 3 rings (SSSR count). The van der Waals surface area contributed by atoms with Gasteiger partial charge in [-0.3, -0.25) is 0 Å². The smallest absolute Gasteiger partial charge is 0.335 e. The first-order valence-corrected chi connectivity index (χ1v) is 8.91. The number of urea groups is 1. The Morgan fingerprint density at radius 2 is 1.79 bits per heavy atom. The van der Waals surface area contributed by atoms with Gasteiger partial charge in [-0.25, -0.2) is 14.0 Å². The van der Waals surface area contributed by atoms with Crippen molar-refractivity contribution in [2.24, 2.45) is 0 Å². The summed E-state index contributed by atoms with van der Waals surface area (Å²) in [4.78, 5) is 27.0. The van der Waals surface area contributed by atoms with Gasteiger partial charge < -0.3 is 25.0 Å². The van der Waals surface area contributed by atoms with Crippen LogP contribution < -0.4 is 15.0 Å². The zero-order valence-corrected chi connectivity index (χ0v) is 15.5. The Kier molecular flexibility index (Phi) is 5.98. The minimum Gasteiger partial charge on any atom is -0.494 e. The lowest BCUT2D eigenvalue weighted by Gasteiger charge is -2.36. The molecule has 1 fully saturated rings. The molecular weight excluding hydrogens is 365 g/mol. The highest BCUT2D eigenvalue weighted by Gasteiger charge is 2.21. The summed E-state index contributed by atoms with van der Waals surface area (Å²) in [5, 5.41) is 11.8. The van der Waals surface area contributed by atoms with Crippen molar-refractivity contribution in [1.82, 2.24) is 10.2 Å². The Bertz CT molecular complexity index is 849. The van der Waals surface area contributed by atoms with E-state index in [-0.39, 0.29) is 17.3 Å². The number of methoxy groups -OCH3 is 1. The number of halogens is 1. The molecule has 7 nitrogen and oxygen atoms in total. The number of carboxylic acids is 1. The summed E-state index contributed by atoms with van der Waals surface area (Å²) in [5.74, 6) is -1.18. The fraction of sp³-hybridized carbons (Fsp3) is 0.300. The highest BCUT2D eigenvalue weighted by molar-refractivity contribution is 5.87. The summed E-state index contributed by atoms with van der Waals surface area (Å²) in [7, 11) is 1.43. The summed E-state index contributed by atoms with van der Waals surface area (Å²) in [6.07, 6.45) is 0. The molecule has 0 aliphatic carbocycles. The van der Waals surface area contributed by atoms with Gasteiger partial charge in [0.25, 0.3) is 0 Å². The zero-order valence-electron chi connectivity index (χ0n) is 15.5. The molecule has 0 spiro atoms. The van der Waals surface area contributed by atoms with Gasteiger partial charge in [-0.1, -0.05) is 12.1 Å². The third-order valence-electron chi connectivity index (χ3n) is 4.71. The fourth-order valence-electron chi connectivity index (χ4n) is 3.07. The van der Waals surface area contributed by atoms with Crippen LogP contribution in [0.2, 0.25) is 0 Å². The average molecular weight is 387 g/mol. The standard InChI is InChI=1S/C20H22FN3O4/c1-28-18-12-16(6-7-17(18)21)23-8-10-24(11-9-23)20(27)22-13-14-2-4-15(5-3-14)19(25)26/h2-7,12H,8-11,13H2,1H3,(H,22,27)(H,25,26). The van der Waals surface area contributed by atoms with Crippen molar-refractivity contribution >= 4 is 17.7 Å². The number of hydrogen-bond donors (Lipinski definition) is 2. The molecule has 8 heteroatoms. The number of rotatable bonds is 5. The Morgan fingerprint density at radius 1 is 1.11 bits per heavy atom. The monoisotopic (exact) mass is 387 g/mol. The number of anilines is 1. The molecule has 1 heterocycles. The van der Waals surface area contributed by atoms with Crippen molar-refractivity contribution in [3.05, 3.63) is 59.4 Å². The van der Waals surface area contributed by atoms with E-state index in [2.05, 4.69) is 10.2 Å². The van der Waals surface area contributed by atoms with Crippen LogP contribution in [-0.2, 0) is 6.54 Å². The largest absolute Gasteiger partial charge is 0.494 e. The van der Waals surface area contributed by atoms with Crippen LogP contribution in [0.5, 0.6) is 5.75 Å². The van der Waals surface area contributed by atoms with E-state index >= 15 is 0 Å². The number of amides is 2. The Morgan fingerprint density at radius 3 is 2.39 bits per heavy atom. The SMILES string of the molecule is COc1cc(N2CCN(C(=O)NCc3ccc(C(=O)O)cc3)CC2)ccc1F. The number of nitrogens with one attached hydrogen (secondary N) is 1. The van der Waals surface area contributed by atoms with Crippen LogP contribution in [-0.4, -0.2) is 55.3 Å². The number of nitrogens with zero attached hydrogens (tertiary/aromatic N) is 2. The van der Waals surface area contributed by atoms with Gasteiger partial charge in [-0.15, -0.1) is 0 Å². The third-order valence-corrected chi connectivity index (χ3v) is 4.71. The normalized spacial score (nSPS) is 13.9. The van der Waals surface area contributed by atoms with Gasteiger partial charge in [0, 0.05) is 44.5 Å². The molecule has 28 heavy (non-hydrogen) atoms. The van der Waals surface area contributed by atoms with E-state index in [9.17, 15) is 14.0 Å². The number of carbonyl (C=O) groups is 2. The van der Waals surface area contributed by atoms with Gasteiger partial charge in [0.15, 0.2) is 11.6 Å². The predicted octanol–water partition coefficient (Wildman–Crippen LogP) is 2.56. The molecule has 2 amide bonds. The lowest BCUT2D eigenvalue weighted by molar-refractivity contribution is 0.0697. The van der Waals surface area contributed by atoms with Gasteiger partial charge in [0.2, 0.25) is 0 Å². The predicted molar refractivity (Wildman–Crippen MR) is 102 cm³/mol. The molecule has 2 aromatic carbocycles. The molecule has 1 saturated heterocycles. The summed E-state index contributed by atoms with van der Waals surface area (Å²) in [6.45, 7) is 2.69. The van der Waals surface area contributed by atoms with Gasteiger partial charge in [-0.2, -0.15) is 0 Å². The van der Waals surface area contributed by atoms with Crippen molar-refractivity contribution in [1.29, 1.82) is 0 Å². The maximum absolute atomic E-state index is 13.6. The highest BCUT2D eigenvalue weighted by Crippen LogP contribution is 2.25. The van der Waals surface area contributed by atoms with Gasteiger partial charge in [-0.05, 0) is 29.8 Å². The highest BCUT2D eigenvalue weighted by atomic mass is 19.1. The molecule has 148 valence electrons. The number of ether oxygens (including phenoxy) is 1. The Hall–Kier alpha value is -3.29. The van der Waals surface area contributed by atoms with E-state index < -0.39 is 11.8 Å². The quantitative estimate of drug-likeness (QED) is 0.824. The number of carboxylic acid groups (broad SMARTS) is 1. The van der Waals surface area contributed by atoms with Crippen molar-refractivity contribution in [2.75, 3.05) is 38.2 Å². The number of piperazine rings is 1. The van der Waals surface area contributed by atoms with Crippen LogP contribution in [0, 0.1) is 5.82 Å². The van der Waals surface area contributed by atoms with Crippen molar-refractivity contribution in [3.8, 4) is 5.75 Å². The second kappa shape index (κ2) is 8.60. The zero-order chi connectivity index (χ0) is 20.1. The topological polar surface area (TPSA) is 82.1 Å². The number of aromatic carboxylic acids is 1. The fourth-order valence-corrected chi connectivity index (χ4v) is 3.07. The molecule has 2 aromatic rings. The maximum atomic E-state index is 13.6. The number of hydrogen-bond acceptors (Lipinski definition) is 4. The van der Waals surface area contributed by atoms with Crippen molar-refractivity contribution in [2.45, 2.75) is 6.54 Å². The first kappa shape index (κ1) is 19.5.